The van der Waals surface area contributed by atoms with E-state index >= 15 is 0 Å². The number of allylic oxidation sites excluding steroid dienone is 2. The van der Waals surface area contributed by atoms with Crippen LogP contribution >= 0.6 is 0 Å². The van der Waals surface area contributed by atoms with Gasteiger partial charge in [0, 0.05) is 0 Å². The fourth-order valence-corrected chi connectivity index (χ4v) is 8.47. The average molecular weight is 415 g/mol. The molecule has 0 spiro atoms. The van der Waals surface area contributed by atoms with Crippen LogP contribution in [0.3, 0.4) is 0 Å². The fourth-order valence-electron chi connectivity index (χ4n) is 8.47. The lowest BCUT2D eigenvalue weighted by Gasteiger charge is -2.60. The summed E-state index contributed by atoms with van der Waals surface area (Å²) < 4.78 is 0. The van der Waals surface area contributed by atoms with Gasteiger partial charge < -0.3 is 10.2 Å². The lowest BCUT2D eigenvalue weighted by atomic mass is 9.46. The Morgan fingerprint density at radius 3 is 2.57 bits per heavy atom. The van der Waals surface area contributed by atoms with Crippen LogP contribution in [0.1, 0.15) is 92.4 Å². The molecule has 2 N–H and O–H groups in total. The second-order valence-electron chi connectivity index (χ2n) is 12.3. The monoisotopic (exact) mass is 414 g/mol. The Labute approximate surface area is 185 Å². The summed E-state index contributed by atoms with van der Waals surface area (Å²) in [5, 5.41) is 21.9. The first-order valence-corrected chi connectivity index (χ1v) is 12.8. The van der Waals surface area contributed by atoms with Crippen LogP contribution in [0.4, 0.5) is 0 Å². The van der Waals surface area contributed by atoms with Crippen LogP contribution in [-0.4, -0.2) is 22.4 Å². The topological polar surface area (TPSA) is 40.5 Å². The average Bonchev–Trinajstić information content (AvgIpc) is 3.06. The van der Waals surface area contributed by atoms with E-state index in [0.29, 0.717) is 35.5 Å². The molecule has 3 saturated carbocycles. The van der Waals surface area contributed by atoms with Gasteiger partial charge >= 0.3 is 0 Å². The van der Waals surface area contributed by atoms with E-state index in [1.54, 1.807) is 0 Å². The van der Waals surface area contributed by atoms with Gasteiger partial charge in [-0.15, -0.1) is 0 Å². The van der Waals surface area contributed by atoms with Gasteiger partial charge in [-0.3, -0.25) is 0 Å². The first kappa shape index (κ1) is 22.6. The molecule has 3 fully saturated rings. The Kier molecular flexibility index (Phi) is 6.08. The van der Waals surface area contributed by atoms with Crippen LogP contribution in [0.5, 0.6) is 0 Å². The third-order valence-corrected chi connectivity index (χ3v) is 10.7. The Bertz CT molecular complexity index is 693. The van der Waals surface area contributed by atoms with E-state index in [4.69, 9.17) is 0 Å². The van der Waals surface area contributed by atoms with Crippen molar-refractivity contribution in [1.82, 2.24) is 0 Å². The van der Waals surface area contributed by atoms with Crippen LogP contribution in [0.25, 0.3) is 0 Å². The zero-order chi connectivity index (χ0) is 21.8. The zero-order valence-electron chi connectivity index (χ0n) is 20.2. The molecule has 0 aromatic carbocycles. The van der Waals surface area contributed by atoms with Gasteiger partial charge in [-0.1, -0.05) is 58.4 Å². The van der Waals surface area contributed by atoms with Crippen molar-refractivity contribution >= 4 is 0 Å². The molecule has 0 saturated heterocycles. The summed E-state index contributed by atoms with van der Waals surface area (Å²) in [5.74, 6) is 3.80. The van der Waals surface area contributed by atoms with Gasteiger partial charge in [0.25, 0.3) is 0 Å². The molecule has 9 atom stereocenters. The second kappa shape index (κ2) is 8.07. The van der Waals surface area contributed by atoms with Crippen molar-refractivity contribution in [2.45, 2.75) is 105 Å². The quantitative estimate of drug-likeness (QED) is 0.502. The highest BCUT2D eigenvalue weighted by Crippen LogP contribution is 2.67. The van der Waals surface area contributed by atoms with E-state index < -0.39 is 0 Å². The van der Waals surface area contributed by atoms with Crippen LogP contribution in [-0.2, 0) is 0 Å². The van der Waals surface area contributed by atoms with Crippen LogP contribution in [0, 0.1) is 46.3 Å². The highest BCUT2D eigenvalue weighted by molar-refractivity contribution is 5.26. The summed E-state index contributed by atoms with van der Waals surface area (Å²) in [7, 11) is 0. The van der Waals surface area contributed by atoms with Crippen LogP contribution in [0.2, 0.25) is 0 Å². The molecule has 0 heterocycles. The Balaban J connectivity index is 1.54. The van der Waals surface area contributed by atoms with E-state index in [-0.39, 0.29) is 23.0 Å². The molecule has 4 rings (SSSR count). The highest BCUT2D eigenvalue weighted by atomic mass is 16.3. The Morgan fingerprint density at radius 1 is 1.13 bits per heavy atom. The minimum atomic E-state index is -0.185. The molecule has 2 heteroatoms. The number of hydrogen-bond acceptors (Lipinski definition) is 2. The van der Waals surface area contributed by atoms with Gasteiger partial charge in [0.15, 0.2) is 0 Å². The first-order valence-electron chi connectivity index (χ1n) is 12.8. The van der Waals surface area contributed by atoms with E-state index in [0.717, 1.165) is 32.1 Å². The molecule has 30 heavy (non-hydrogen) atoms. The minimum absolute atomic E-state index is 0.0651. The van der Waals surface area contributed by atoms with Crippen molar-refractivity contribution < 1.29 is 10.2 Å². The van der Waals surface area contributed by atoms with Crippen LogP contribution in [0.15, 0.2) is 23.8 Å². The van der Waals surface area contributed by atoms with Crippen molar-refractivity contribution in [2.75, 3.05) is 0 Å². The molecule has 0 aromatic heterocycles. The third-order valence-electron chi connectivity index (χ3n) is 10.7. The number of aliphatic hydroxyl groups is 2. The summed E-state index contributed by atoms with van der Waals surface area (Å²) >= 11 is 0. The van der Waals surface area contributed by atoms with Crippen LogP contribution < -0.4 is 0 Å². The number of fused-ring (bicyclic) bond motifs is 5. The molecule has 0 aliphatic heterocycles. The van der Waals surface area contributed by atoms with Crippen molar-refractivity contribution in [3.8, 4) is 0 Å². The van der Waals surface area contributed by atoms with Gasteiger partial charge in [0.2, 0.25) is 0 Å². The van der Waals surface area contributed by atoms with Crippen molar-refractivity contribution in [3.63, 3.8) is 0 Å². The summed E-state index contributed by atoms with van der Waals surface area (Å²) in [5.41, 5.74) is 3.13. The van der Waals surface area contributed by atoms with Gasteiger partial charge in [-0.05, 0) is 104 Å². The summed E-state index contributed by atoms with van der Waals surface area (Å²) in [6, 6.07) is 0. The van der Waals surface area contributed by atoms with E-state index in [1.165, 1.54) is 36.8 Å². The SMILES string of the molecule is C=C(CCC(C)C1CCC2C3CC=C4CC(O)CCC4(C)C3CC(O)C12C)C(C)C. The largest absolute Gasteiger partial charge is 0.393 e. The number of aliphatic hydroxyl groups excluding tert-OH is 2. The summed E-state index contributed by atoms with van der Waals surface area (Å²) in [6.45, 7) is 16.1. The minimum Gasteiger partial charge on any atom is -0.393 e. The van der Waals surface area contributed by atoms with E-state index in [9.17, 15) is 10.2 Å². The number of hydrogen-bond donors (Lipinski definition) is 2. The maximum atomic E-state index is 11.6. The second-order valence-corrected chi connectivity index (χ2v) is 12.3. The zero-order valence-corrected chi connectivity index (χ0v) is 20.2. The molecule has 4 aliphatic rings. The first-order chi connectivity index (χ1) is 14.1. The predicted molar refractivity (Wildman–Crippen MR) is 125 cm³/mol. The van der Waals surface area contributed by atoms with Crippen molar-refractivity contribution in [2.24, 2.45) is 46.3 Å². The Hall–Kier alpha value is -0.600. The lowest BCUT2D eigenvalue weighted by Crippen LogP contribution is -2.56. The fraction of sp³-hybridized carbons (Fsp3) is 0.857. The van der Waals surface area contributed by atoms with Gasteiger partial charge in [0.1, 0.15) is 0 Å². The maximum absolute atomic E-state index is 11.6. The van der Waals surface area contributed by atoms with Crippen molar-refractivity contribution in [3.05, 3.63) is 23.8 Å². The molecular weight excluding hydrogens is 368 g/mol. The molecule has 0 aromatic rings. The smallest absolute Gasteiger partial charge is 0.0602 e. The molecule has 0 bridgehead atoms. The Morgan fingerprint density at radius 2 is 1.87 bits per heavy atom. The standard InChI is InChI=1S/C28H46O2/c1-17(2)18(3)7-8-19(4)23-11-12-24-22-10-9-20-15-21(29)13-14-27(20,5)25(22)16-26(30)28(23,24)6/h9,17,19,21-26,29-30H,3,7-8,10-16H2,1-2,4-6H3. The van der Waals surface area contributed by atoms with E-state index in [1.807, 2.05) is 0 Å². The maximum Gasteiger partial charge on any atom is 0.0602 e. The lowest BCUT2D eigenvalue weighted by molar-refractivity contribution is -0.136. The predicted octanol–water partition coefficient (Wildman–Crippen LogP) is 6.53. The molecule has 170 valence electrons. The molecule has 2 nitrogen and oxygen atoms in total. The molecule has 0 radical (unpaired) electrons. The number of rotatable bonds is 5. The molecular formula is C28H46O2. The van der Waals surface area contributed by atoms with Gasteiger partial charge in [-0.25, -0.2) is 0 Å². The highest BCUT2D eigenvalue weighted by Gasteiger charge is 2.62. The van der Waals surface area contributed by atoms with E-state index in [2.05, 4.69) is 47.3 Å². The summed E-state index contributed by atoms with van der Waals surface area (Å²) in [6.07, 6.45) is 12.1. The molecule has 0 amide bonds. The summed E-state index contributed by atoms with van der Waals surface area (Å²) in [4.78, 5) is 0. The normalized spacial score (nSPS) is 46.6. The van der Waals surface area contributed by atoms with Gasteiger partial charge in [0.05, 0.1) is 12.2 Å². The third kappa shape index (κ3) is 3.45. The van der Waals surface area contributed by atoms with Gasteiger partial charge in [-0.2, -0.15) is 0 Å². The molecule has 9 unspecified atom stereocenters. The van der Waals surface area contributed by atoms with Crippen molar-refractivity contribution in [1.29, 1.82) is 0 Å². The molecule has 4 aliphatic carbocycles.